The summed E-state index contributed by atoms with van der Waals surface area (Å²) in [4.78, 5) is 16.6. The van der Waals surface area contributed by atoms with Crippen molar-refractivity contribution in [3.05, 3.63) is 29.3 Å². The predicted octanol–water partition coefficient (Wildman–Crippen LogP) is 1.14. The molecule has 0 aliphatic carbocycles. The van der Waals surface area contributed by atoms with Crippen LogP contribution in [0.3, 0.4) is 0 Å². The first-order chi connectivity index (χ1) is 11.3. The second kappa shape index (κ2) is 6.15. The summed E-state index contributed by atoms with van der Waals surface area (Å²) in [5, 5.41) is 5.45. The molecule has 1 amide bonds. The van der Waals surface area contributed by atoms with E-state index in [9.17, 15) is 4.79 Å². The third-order valence-corrected chi connectivity index (χ3v) is 4.56. The molecule has 1 saturated heterocycles. The van der Waals surface area contributed by atoms with Gasteiger partial charge in [0.2, 0.25) is 0 Å². The average molecular weight is 332 g/mol. The molecule has 1 aromatic heterocycles. The highest BCUT2D eigenvalue weighted by atomic mass is 32.1. The maximum absolute atomic E-state index is 12.2. The van der Waals surface area contributed by atoms with Gasteiger partial charge in [0.05, 0.1) is 6.17 Å². The fourth-order valence-corrected chi connectivity index (χ4v) is 3.31. The van der Waals surface area contributed by atoms with Gasteiger partial charge in [-0.05, 0) is 24.6 Å². The fraction of sp³-hybridized carbons (Fsp3) is 0.333. The Kier molecular flexibility index (Phi) is 3.86. The highest BCUT2D eigenvalue weighted by Gasteiger charge is 2.20. The van der Waals surface area contributed by atoms with Crippen molar-refractivity contribution in [3.63, 3.8) is 0 Å². The molecule has 8 heteroatoms. The molecular weight excluding hydrogens is 316 g/mol. The van der Waals surface area contributed by atoms with E-state index in [0.717, 1.165) is 35.0 Å². The van der Waals surface area contributed by atoms with E-state index >= 15 is 0 Å². The summed E-state index contributed by atoms with van der Waals surface area (Å²) in [6.07, 6.45) is 0.798. The van der Waals surface area contributed by atoms with Crippen molar-refractivity contribution in [2.24, 2.45) is 0 Å². The minimum absolute atomic E-state index is 0.0538. The lowest BCUT2D eigenvalue weighted by Crippen LogP contribution is -2.44. The number of aromatic nitrogens is 1. The number of carbonyl (C=O) groups excluding carboxylic acids is 1. The van der Waals surface area contributed by atoms with E-state index in [0.29, 0.717) is 18.9 Å². The summed E-state index contributed by atoms with van der Waals surface area (Å²) in [5.74, 6) is 1.29. The first kappa shape index (κ1) is 14.4. The molecule has 7 nitrogen and oxygen atoms in total. The van der Waals surface area contributed by atoms with Crippen LogP contribution in [0.2, 0.25) is 0 Å². The van der Waals surface area contributed by atoms with Crippen LogP contribution in [0.25, 0.3) is 10.6 Å². The molecule has 0 spiro atoms. The number of nitrogens with zero attached hydrogens (tertiary/aromatic N) is 1. The summed E-state index contributed by atoms with van der Waals surface area (Å²) in [5.41, 5.74) is 7.31. The van der Waals surface area contributed by atoms with Crippen molar-refractivity contribution in [1.82, 2.24) is 21.2 Å². The van der Waals surface area contributed by atoms with Crippen molar-refractivity contribution in [2.45, 2.75) is 12.6 Å². The number of ether oxygens (including phenoxy) is 2. The van der Waals surface area contributed by atoms with Gasteiger partial charge in [0.25, 0.3) is 5.91 Å². The van der Waals surface area contributed by atoms with Crippen LogP contribution in [-0.4, -0.2) is 36.8 Å². The Morgan fingerprint density at radius 1 is 1.30 bits per heavy atom. The summed E-state index contributed by atoms with van der Waals surface area (Å²) >= 11 is 1.44. The molecule has 2 aliphatic heterocycles. The number of hydrogen-bond donors (Lipinski definition) is 3. The Labute approximate surface area is 137 Å². The molecule has 1 fully saturated rings. The number of carbonyl (C=O) groups is 1. The number of hydrogen-bond acceptors (Lipinski definition) is 7. The Hall–Kier alpha value is -2.16. The van der Waals surface area contributed by atoms with Gasteiger partial charge < -0.3 is 14.8 Å². The van der Waals surface area contributed by atoms with Gasteiger partial charge in [0.1, 0.15) is 23.9 Å². The Morgan fingerprint density at radius 2 is 2.17 bits per heavy atom. The molecule has 1 atom stereocenters. The van der Waals surface area contributed by atoms with E-state index in [1.807, 2.05) is 18.2 Å². The van der Waals surface area contributed by atoms with Crippen LogP contribution in [-0.2, 0) is 0 Å². The van der Waals surface area contributed by atoms with Crippen LogP contribution >= 0.6 is 11.3 Å². The average Bonchev–Trinajstić information content (AvgIpc) is 3.26. The molecule has 120 valence electrons. The normalized spacial score (nSPS) is 19.6. The zero-order valence-electron chi connectivity index (χ0n) is 12.3. The minimum Gasteiger partial charge on any atom is -0.486 e. The van der Waals surface area contributed by atoms with Gasteiger partial charge in [0.15, 0.2) is 11.5 Å². The number of thiazole rings is 1. The van der Waals surface area contributed by atoms with Gasteiger partial charge in [-0.2, -0.15) is 0 Å². The third kappa shape index (κ3) is 3.00. The zero-order valence-corrected chi connectivity index (χ0v) is 13.1. The minimum atomic E-state index is -0.175. The monoisotopic (exact) mass is 332 g/mol. The van der Waals surface area contributed by atoms with Crippen molar-refractivity contribution < 1.29 is 14.3 Å². The largest absolute Gasteiger partial charge is 0.486 e. The summed E-state index contributed by atoms with van der Waals surface area (Å²) in [7, 11) is 0. The molecule has 3 heterocycles. The van der Waals surface area contributed by atoms with Gasteiger partial charge in [-0.25, -0.2) is 10.4 Å². The molecule has 23 heavy (non-hydrogen) atoms. The summed E-state index contributed by atoms with van der Waals surface area (Å²) < 4.78 is 11.1. The molecule has 0 radical (unpaired) electrons. The summed E-state index contributed by atoms with van der Waals surface area (Å²) in [6.45, 7) is 1.95. The van der Waals surface area contributed by atoms with Crippen LogP contribution in [0.1, 0.15) is 16.9 Å². The van der Waals surface area contributed by atoms with E-state index in [2.05, 4.69) is 21.2 Å². The molecule has 0 bridgehead atoms. The van der Waals surface area contributed by atoms with Crippen molar-refractivity contribution in [2.75, 3.05) is 19.8 Å². The lowest BCUT2D eigenvalue weighted by molar-refractivity contribution is 0.0928. The zero-order chi connectivity index (χ0) is 15.6. The highest BCUT2D eigenvalue weighted by molar-refractivity contribution is 7.13. The standard InChI is InChI=1S/C15H16N4O3S/c20-14(18-13-3-4-16-19-13)10-8-23-15(17-10)9-1-2-11-12(7-9)22-6-5-21-11/h1-2,7-8,13,16,19H,3-6H2,(H,18,20). The van der Waals surface area contributed by atoms with Crippen LogP contribution in [0.15, 0.2) is 23.6 Å². The number of fused-ring (bicyclic) bond motifs is 1. The number of benzene rings is 1. The number of rotatable bonds is 3. The van der Waals surface area contributed by atoms with E-state index in [1.54, 1.807) is 5.38 Å². The second-order valence-corrected chi connectivity index (χ2v) is 6.14. The maximum Gasteiger partial charge on any atom is 0.272 e. The molecule has 3 N–H and O–H groups in total. The second-order valence-electron chi connectivity index (χ2n) is 5.28. The Balaban J connectivity index is 1.52. The van der Waals surface area contributed by atoms with Gasteiger partial charge in [-0.3, -0.25) is 10.2 Å². The summed E-state index contributed by atoms with van der Waals surface area (Å²) in [6, 6.07) is 5.70. The highest BCUT2D eigenvalue weighted by Crippen LogP contribution is 2.35. The molecule has 1 unspecified atom stereocenters. The van der Waals surface area contributed by atoms with Crippen molar-refractivity contribution in [1.29, 1.82) is 0 Å². The van der Waals surface area contributed by atoms with Crippen LogP contribution in [0, 0.1) is 0 Å². The van der Waals surface area contributed by atoms with Crippen molar-refractivity contribution >= 4 is 17.2 Å². The van der Waals surface area contributed by atoms with Gasteiger partial charge in [-0.15, -0.1) is 11.3 Å². The van der Waals surface area contributed by atoms with E-state index < -0.39 is 0 Å². The molecule has 2 aromatic rings. The van der Waals surface area contributed by atoms with Crippen LogP contribution in [0.4, 0.5) is 0 Å². The molecular formula is C15H16N4O3S. The SMILES string of the molecule is O=C(NC1CCNN1)c1csc(-c2ccc3c(c2)OCCO3)n1. The topological polar surface area (TPSA) is 84.5 Å². The fourth-order valence-electron chi connectivity index (χ4n) is 2.51. The van der Waals surface area contributed by atoms with E-state index in [-0.39, 0.29) is 12.1 Å². The van der Waals surface area contributed by atoms with Gasteiger partial charge >= 0.3 is 0 Å². The maximum atomic E-state index is 12.2. The molecule has 2 aliphatic rings. The van der Waals surface area contributed by atoms with Crippen LogP contribution in [0.5, 0.6) is 11.5 Å². The lowest BCUT2D eigenvalue weighted by atomic mass is 10.2. The Morgan fingerprint density at radius 3 is 3.00 bits per heavy atom. The lowest BCUT2D eigenvalue weighted by Gasteiger charge is -2.18. The first-order valence-corrected chi connectivity index (χ1v) is 8.32. The number of nitrogens with one attached hydrogen (secondary N) is 3. The first-order valence-electron chi connectivity index (χ1n) is 7.44. The Bertz CT molecular complexity index is 727. The number of amides is 1. The van der Waals surface area contributed by atoms with Gasteiger partial charge in [-0.1, -0.05) is 0 Å². The van der Waals surface area contributed by atoms with E-state index in [1.165, 1.54) is 11.3 Å². The smallest absolute Gasteiger partial charge is 0.272 e. The number of hydrazine groups is 1. The van der Waals surface area contributed by atoms with Crippen LogP contribution < -0.4 is 25.6 Å². The molecule has 1 aromatic carbocycles. The third-order valence-electron chi connectivity index (χ3n) is 3.67. The predicted molar refractivity (Wildman–Crippen MR) is 85.5 cm³/mol. The molecule has 4 rings (SSSR count). The van der Waals surface area contributed by atoms with E-state index in [4.69, 9.17) is 9.47 Å². The molecule has 0 saturated carbocycles. The quantitative estimate of drug-likeness (QED) is 0.781. The van der Waals surface area contributed by atoms with Gasteiger partial charge in [0, 0.05) is 17.5 Å². The van der Waals surface area contributed by atoms with Crippen molar-refractivity contribution in [3.8, 4) is 22.1 Å².